The van der Waals surface area contributed by atoms with Crippen LogP contribution < -0.4 is 5.73 Å². The van der Waals surface area contributed by atoms with E-state index in [1.165, 1.54) is 0 Å². The lowest BCUT2D eigenvalue weighted by molar-refractivity contribution is 0.0705. The first kappa shape index (κ1) is 16.4. The lowest BCUT2D eigenvalue weighted by Crippen LogP contribution is -2.46. The molecule has 0 spiro atoms. The van der Waals surface area contributed by atoms with E-state index < -0.39 is 0 Å². The van der Waals surface area contributed by atoms with Gasteiger partial charge in [-0.25, -0.2) is 0 Å². The van der Waals surface area contributed by atoms with Crippen LogP contribution in [0.25, 0.3) is 0 Å². The Morgan fingerprint density at radius 1 is 1.04 bits per heavy atom. The van der Waals surface area contributed by atoms with Crippen LogP contribution in [0.4, 0.5) is 0 Å². The van der Waals surface area contributed by atoms with Gasteiger partial charge in [0.15, 0.2) is 5.78 Å². The van der Waals surface area contributed by atoms with E-state index >= 15 is 0 Å². The monoisotopic (exact) mass is 322 g/mol. The lowest BCUT2D eigenvalue weighted by Gasteiger charge is -2.31. The van der Waals surface area contributed by atoms with E-state index in [9.17, 15) is 9.59 Å². The van der Waals surface area contributed by atoms with Crippen molar-refractivity contribution in [1.29, 1.82) is 0 Å². The highest BCUT2D eigenvalue weighted by atomic mass is 16.2. The summed E-state index contributed by atoms with van der Waals surface area (Å²) in [6.45, 7) is 3.22. The Morgan fingerprint density at radius 2 is 1.71 bits per heavy atom. The number of carbonyl (C=O) groups excluding carboxylic acids is 2. The largest absolute Gasteiger partial charge is 0.337 e. The van der Waals surface area contributed by atoms with E-state index in [1.807, 2.05) is 19.1 Å². The van der Waals surface area contributed by atoms with E-state index in [0.29, 0.717) is 29.8 Å². The molecule has 1 aliphatic heterocycles. The third-order valence-electron chi connectivity index (χ3n) is 4.46. The third-order valence-corrected chi connectivity index (χ3v) is 4.46. The average Bonchev–Trinajstić information content (AvgIpc) is 2.61. The number of ketones is 1. The zero-order valence-corrected chi connectivity index (χ0v) is 13.9. The van der Waals surface area contributed by atoms with Crippen molar-refractivity contribution in [2.24, 2.45) is 5.73 Å². The molecular formula is C20H22N2O2. The minimum absolute atomic E-state index is 0.0164. The zero-order valence-electron chi connectivity index (χ0n) is 13.9. The first-order valence-corrected chi connectivity index (χ1v) is 8.31. The number of rotatable bonds is 3. The van der Waals surface area contributed by atoms with Crippen molar-refractivity contribution >= 4 is 11.7 Å². The molecule has 1 fully saturated rings. The Hall–Kier alpha value is -2.46. The highest BCUT2D eigenvalue weighted by Crippen LogP contribution is 2.19. The smallest absolute Gasteiger partial charge is 0.254 e. The van der Waals surface area contributed by atoms with E-state index in [2.05, 4.69) is 0 Å². The molecule has 0 radical (unpaired) electrons. The van der Waals surface area contributed by atoms with E-state index in [4.69, 9.17) is 5.73 Å². The van der Waals surface area contributed by atoms with Crippen molar-refractivity contribution in [3.63, 3.8) is 0 Å². The van der Waals surface area contributed by atoms with Crippen molar-refractivity contribution in [2.45, 2.75) is 25.8 Å². The van der Waals surface area contributed by atoms with Crippen LogP contribution in [0.1, 0.15) is 44.7 Å². The number of nitrogens with zero attached hydrogens (tertiary/aromatic N) is 1. The molecule has 1 unspecified atom stereocenters. The predicted octanol–water partition coefficient (Wildman–Crippen LogP) is 2.79. The summed E-state index contributed by atoms with van der Waals surface area (Å²) in [5.41, 5.74) is 8.58. The van der Waals surface area contributed by atoms with Gasteiger partial charge in [-0.15, -0.1) is 0 Å². The minimum atomic E-state index is -0.125. The molecule has 4 heteroatoms. The van der Waals surface area contributed by atoms with E-state index in [-0.39, 0.29) is 17.7 Å². The number of benzene rings is 2. The Bertz CT molecular complexity index is 752. The van der Waals surface area contributed by atoms with Crippen LogP contribution in [0.2, 0.25) is 0 Å². The lowest BCUT2D eigenvalue weighted by atomic mass is 9.96. The molecule has 1 heterocycles. The molecule has 1 saturated heterocycles. The summed E-state index contributed by atoms with van der Waals surface area (Å²) >= 11 is 0. The standard InChI is InChI=1S/C20H22N2O2/c1-14-8-10-15(11-9-14)19(23)17-6-2-3-7-18(17)20(24)22-12-4-5-16(21)13-22/h2-3,6-11,16H,4-5,12-13,21H2,1H3. The van der Waals surface area contributed by atoms with Gasteiger partial charge in [-0.1, -0.05) is 48.0 Å². The number of nitrogens with two attached hydrogens (primary N) is 1. The van der Waals surface area contributed by atoms with Gasteiger partial charge in [-0.3, -0.25) is 9.59 Å². The molecule has 1 amide bonds. The maximum Gasteiger partial charge on any atom is 0.254 e. The molecule has 0 bridgehead atoms. The second kappa shape index (κ2) is 6.97. The van der Waals surface area contributed by atoms with Crippen LogP contribution in [-0.2, 0) is 0 Å². The molecule has 2 aromatic rings. The summed E-state index contributed by atoms with van der Waals surface area (Å²) in [6, 6.07) is 14.5. The molecule has 1 atom stereocenters. The van der Waals surface area contributed by atoms with Gasteiger partial charge in [-0.05, 0) is 25.8 Å². The van der Waals surface area contributed by atoms with Crippen LogP contribution in [0.3, 0.4) is 0 Å². The molecule has 0 aliphatic carbocycles. The van der Waals surface area contributed by atoms with Crippen LogP contribution in [0.5, 0.6) is 0 Å². The second-order valence-electron chi connectivity index (χ2n) is 6.39. The summed E-state index contributed by atoms with van der Waals surface area (Å²) in [7, 11) is 0. The van der Waals surface area contributed by atoms with Crippen molar-refractivity contribution < 1.29 is 9.59 Å². The number of amides is 1. The molecule has 3 rings (SSSR count). The molecular weight excluding hydrogens is 300 g/mol. The van der Waals surface area contributed by atoms with E-state index in [1.54, 1.807) is 41.3 Å². The number of aryl methyl sites for hydroxylation is 1. The van der Waals surface area contributed by atoms with Gasteiger partial charge in [0.2, 0.25) is 0 Å². The molecule has 1 aliphatic rings. The summed E-state index contributed by atoms with van der Waals surface area (Å²) < 4.78 is 0. The molecule has 2 aromatic carbocycles. The molecule has 0 aromatic heterocycles. The predicted molar refractivity (Wildman–Crippen MR) is 94.2 cm³/mol. The number of likely N-dealkylation sites (tertiary alicyclic amines) is 1. The number of hydrogen-bond acceptors (Lipinski definition) is 3. The third kappa shape index (κ3) is 3.39. The van der Waals surface area contributed by atoms with E-state index in [0.717, 1.165) is 18.4 Å². The zero-order chi connectivity index (χ0) is 17.1. The maximum absolute atomic E-state index is 12.9. The fraction of sp³-hybridized carbons (Fsp3) is 0.300. The Morgan fingerprint density at radius 3 is 2.38 bits per heavy atom. The van der Waals surface area contributed by atoms with Gasteiger partial charge in [0.25, 0.3) is 5.91 Å². The molecule has 124 valence electrons. The van der Waals surface area contributed by atoms with Gasteiger partial charge in [0.1, 0.15) is 0 Å². The highest BCUT2D eigenvalue weighted by molar-refractivity contribution is 6.15. The molecule has 0 saturated carbocycles. The Balaban J connectivity index is 1.91. The topological polar surface area (TPSA) is 63.4 Å². The van der Waals surface area contributed by atoms with Gasteiger partial charge in [0, 0.05) is 30.3 Å². The number of piperidine rings is 1. The minimum Gasteiger partial charge on any atom is -0.337 e. The van der Waals surface area contributed by atoms with Gasteiger partial charge in [-0.2, -0.15) is 0 Å². The maximum atomic E-state index is 12.9. The van der Waals surface area contributed by atoms with Crippen LogP contribution in [-0.4, -0.2) is 35.7 Å². The first-order chi connectivity index (χ1) is 11.6. The quantitative estimate of drug-likeness (QED) is 0.884. The van der Waals surface area contributed by atoms with Gasteiger partial charge < -0.3 is 10.6 Å². The molecule has 24 heavy (non-hydrogen) atoms. The van der Waals surface area contributed by atoms with Crippen molar-refractivity contribution in [3.05, 3.63) is 70.8 Å². The van der Waals surface area contributed by atoms with Crippen LogP contribution in [0, 0.1) is 6.92 Å². The second-order valence-corrected chi connectivity index (χ2v) is 6.39. The highest BCUT2D eigenvalue weighted by Gasteiger charge is 2.25. The number of hydrogen-bond donors (Lipinski definition) is 1. The first-order valence-electron chi connectivity index (χ1n) is 8.31. The number of carbonyl (C=O) groups is 2. The van der Waals surface area contributed by atoms with Crippen molar-refractivity contribution in [2.75, 3.05) is 13.1 Å². The summed E-state index contributed by atoms with van der Waals surface area (Å²) in [4.78, 5) is 27.5. The van der Waals surface area contributed by atoms with Crippen LogP contribution >= 0.6 is 0 Å². The summed E-state index contributed by atoms with van der Waals surface area (Å²) in [6.07, 6.45) is 1.84. The van der Waals surface area contributed by atoms with Crippen LogP contribution in [0.15, 0.2) is 48.5 Å². The van der Waals surface area contributed by atoms with Gasteiger partial charge in [0.05, 0.1) is 5.56 Å². The van der Waals surface area contributed by atoms with Gasteiger partial charge >= 0.3 is 0 Å². The summed E-state index contributed by atoms with van der Waals surface area (Å²) in [5.74, 6) is -0.235. The normalized spacial score (nSPS) is 17.6. The fourth-order valence-electron chi connectivity index (χ4n) is 3.09. The summed E-state index contributed by atoms with van der Waals surface area (Å²) in [5, 5.41) is 0. The Labute approximate surface area is 142 Å². The average molecular weight is 322 g/mol. The molecule has 2 N–H and O–H groups in total. The molecule has 4 nitrogen and oxygen atoms in total. The van der Waals surface area contributed by atoms with Crippen molar-refractivity contribution in [1.82, 2.24) is 4.90 Å². The fourth-order valence-corrected chi connectivity index (χ4v) is 3.09. The SMILES string of the molecule is Cc1ccc(C(=O)c2ccccc2C(=O)N2CCCC(N)C2)cc1. The Kier molecular flexibility index (Phi) is 4.76. The van der Waals surface area contributed by atoms with Crippen molar-refractivity contribution in [3.8, 4) is 0 Å².